The van der Waals surface area contributed by atoms with Crippen LogP contribution < -0.4 is 5.32 Å². The van der Waals surface area contributed by atoms with E-state index in [9.17, 15) is 4.79 Å². The zero-order valence-corrected chi connectivity index (χ0v) is 15.1. The quantitative estimate of drug-likeness (QED) is 0.804. The number of thioether (sulfide) groups is 1. The lowest BCUT2D eigenvalue weighted by Gasteiger charge is -2.44. The lowest BCUT2D eigenvalue weighted by atomic mass is 9.70. The summed E-state index contributed by atoms with van der Waals surface area (Å²) in [5.41, 5.74) is 1.21. The first-order valence-electron chi connectivity index (χ1n) is 8.86. The number of hydrogen-bond donors (Lipinski definition) is 1. The Bertz CT molecular complexity index is 550. The molecule has 1 heterocycles. The molecular formula is C19H28N2OS. The molecule has 1 N–H and O–H groups in total. The first-order valence-corrected chi connectivity index (χ1v) is 9.85. The van der Waals surface area contributed by atoms with E-state index in [1.165, 1.54) is 19.3 Å². The number of nitrogens with zero attached hydrogens (tertiary/aromatic N) is 1. The number of carbonyl (C=O) groups is 1. The minimum atomic E-state index is 0.225. The lowest BCUT2D eigenvalue weighted by molar-refractivity contribution is 0.0422. The normalized spacial score (nSPS) is 22.6. The third-order valence-corrected chi connectivity index (χ3v) is 6.22. The van der Waals surface area contributed by atoms with Gasteiger partial charge in [-0.25, -0.2) is 0 Å². The van der Waals surface area contributed by atoms with E-state index in [1.807, 2.05) is 18.2 Å². The molecule has 1 aromatic carbocycles. The summed E-state index contributed by atoms with van der Waals surface area (Å²) in [5.74, 6) is 1.22. The van der Waals surface area contributed by atoms with Gasteiger partial charge in [-0.1, -0.05) is 32.4 Å². The molecule has 1 aromatic rings. The smallest absolute Gasteiger partial charge is 0.255 e. The second-order valence-corrected chi connectivity index (χ2v) is 8.48. The highest BCUT2D eigenvalue weighted by Crippen LogP contribution is 2.42. The average Bonchev–Trinajstić information content (AvgIpc) is 3.05. The maximum absolute atomic E-state index is 13.3. The Balaban J connectivity index is 1.84. The Kier molecular flexibility index (Phi) is 5.32. The molecule has 0 radical (unpaired) electrons. The van der Waals surface area contributed by atoms with Crippen molar-refractivity contribution in [2.24, 2.45) is 5.41 Å². The molecule has 2 aliphatic rings. The van der Waals surface area contributed by atoms with E-state index in [0.717, 1.165) is 42.3 Å². The Labute approximate surface area is 144 Å². The Morgan fingerprint density at radius 2 is 2.17 bits per heavy atom. The van der Waals surface area contributed by atoms with Crippen molar-refractivity contribution < 1.29 is 4.79 Å². The van der Waals surface area contributed by atoms with E-state index in [0.29, 0.717) is 11.5 Å². The molecule has 1 amide bonds. The SMILES string of the molecule is CCSc1ccccc1C(=O)N(CC1(C)CCC1)C1CCNC1. The van der Waals surface area contributed by atoms with Gasteiger partial charge < -0.3 is 10.2 Å². The van der Waals surface area contributed by atoms with E-state index in [-0.39, 0.29) is 5.91 Å². The molecule has 0 spiro atoms. The van der Waals surface area contributed by atoms with E-state index >= 15 is 0 Å². The minimum Gasteiger partial charge on any atom is -0.334 e. The number of rotatable bonds is 6. The van der Waals surface area contributed by atoms with Crippen molar-refractivity contribution >= 4 is 17.7 Å². The molecule has 2 fully saturated rings. The Hall–Kier alpha value is -1.00. The highest BCUT2D eigenvalue weighted by atomic mass is 32.2. The molecule has 23 heavy (non-hydrogen) atoms. The Morgan fingerprint density at radius 3 is 2.78 bits per heavy atom. The maximum Gasteiger partial charge on any atom is 0.255 e. The molecule has 0 aromatic heterocycles. The minimum absolute atomic E-state index is 0.225. The summed E-state index contributed by atoms with van der Waals surface area (Å²) in [4.78, 5) is 16.6. The molecule has 3 rings (SSSR count). The van der Waals surface area contributed by atoms with Gasteiger partial charge in [0.1, 0.15) is 0 Å². The van der Waals surface area contributed by atoms with Crippen LogP contribution in [0.5, 0.6) is 0 Å². The van der Waals surface area contributed by atoms with Crippen LogP contribution in [0.1, 0.15) is 49.9 Å². The van der Waals surface area contributed by atoms with Gasteiger partial charge >= 0.3 is 0 Å². The van der Waals surface area contributed by atoms with E-state index in [2.05, 4.69) is 30.1 Å². The zero-order valence-electron chi connectivity index (χ0n) is 14.3. The number of nitrogens with one attached hydrogen (secondary N) is 1. The highest BCUT2D eigenvalue weighted by Gasteiger charge is 2.38. The first kappa shape index (κ1) is 16.8. The fourth-order valence-electron chi connectivity index (χ4n) is 3.70. The summed E-state index contributed by atoms with van der Waals surface area (Å²) in [6.07, 6.45) is 4.89. The number of hydrogen-bond acceptors (Lipinski definition) is 3. The van der Waals surface area contributed by atoms with Gasteiger partial charge in [0.25, 0.3) is 5.91 Å². The molecule has 1 atom stereocenters. The van der Waals surface area contributed by atoms with Crippen LogP contribution in [0.3, 0.4) is 0 Å². The summed E-state index contributed by atoms with van der Waals surface area (Å²) < 4.78 is 0. The van der Waals surface area contributed by atoms with Crippen LogP contribution in [0.15, 0.2) is 29.2 Å². The summed E-state index contributed by atoms with van der Waals surface area (Å²) >= 11 is 1.76. The molecule has 3 nitrogen and oxygen atoms in total. The predicted molar refractivity (Wildman–Crippen MR) is 97.1 cm³/mol. The van der Waals surface area contributed by atoms with Crippen molar-refractivity contribution in [3.63, 3.8) is 0 Å². The zero-order chi connectivity index (χ0) is 16.3. The summed E-state index contributed by atoms with van der Waals surface area (Å²) in [6, 6.07) is 8.45. The molecule has 0 bridgehead atoms. The van der Waals surface area contributed by atoms with Crippen LogP contribution in [-0.4, -0.2) is 42.2 Å². The second kappa shape index (κ2) is 7.27. The van der Waals surface area contributed by atoms with Crippen LogP contribution in [0.2, 0.25) is 0 Å². The topological polar surface area (TPSA) is 32.3 Å². The van der Waals surface area contributed by atoms with Crippen LogP contribution in [-0.2, 0) is 0 Å². The van der Waals surface area contributed by atoms with Crippen molar-refractivity contribution in [3.05, 3.63) is 29.8 Å². The summed E-state index contributed by atoms with van der Waals surface area (Å²) in [7, 11) is 0. The predicted octanol–water partition coefficient (Wildman–Crippen LogP) is 3.79. The second-order valence-electron chi connectivity index (χ2n) is 7.17. The van der Waals surface area contributed by atoms with Crippen LogP contribution in [0, 0.1) is 5.41 Å². The molecule has 4 heteroatoms. The van der Waals surface area contributed by atoms with Crippen LogP contribution in [0.4, 0.5) is 0 Å². The monoisotopic (exact) mass is 332 g/mol. The third-order valence-electron chi connectivity index (χ3n) is 5.27. The number of amides is 1. The standard InChI is InChI=1S/C19H28N2OS/c1-3-23-17-8-5-4-7-16(17)18(22)21(15-9-12-20-13-15)14-19(2)10-6-11-19/h4-5,7-8,15,20H,3,6,9-14H2,1-2H3. The largest absolute Gasteiger partial charge is 0.334 e. The number of carbonyl (C=O) groups excluding carboxylic acids is 1. The maximum atomic E-state index is 13.3. The van der Waals surface area contributed by atoms with Crippen LogP contribution in [0.25, 0.3) is 0 Å². The van der Waals surface area contributed by atoms with Crippen molar-refractivity contribution in [3.8, 4) is 0 Å². The molecule has 1 aliphatic carbocycles. The number of benzene rings is 1. The first-order chi connectivity index (χ1) is 11.1. The third kappa shape index (κ3) is 3.74. The van der Waals surface area contributed by atoms with Crippen molar-refractivity contribution in [1.29, 1.82) is 0 Å². The van der Waals surface area contributed by atoms with Gasteiger partial charge in [-0.3, -0.25) is 4.79 Å². The fraction of sp³-hybridized carbons (Fsp3) is 0.632. The van der Waals surface area contributed by atoms with Gasteiger partial charge in [-0.05, 0) is 49.1 Å². The van der Waals surface area contributed by atoms with E-state index in [1.54, 1.807) is 11.8 Å². The van der Waals surface area contributed by atoms with Gasteiger partial charge in [-0.2, -0.15) is 0 Å². The van der Waals surface area contributed by atoms with Gasteiger partial charge in [-0.15, -0.1) is 11.8 Å². The Morgan fingerprint density at radius 1 is 1.39 bits per heavy atom. The molecule has 1 saturated carbocycles. The molecule has 126 valence electrons. The van der Waals surface area contributed by atoms with Gasteiger partial charge in [0.05, 0.1) is 5.56 Å². The van der Waals surface area contributed by atoms with Crippen molar-refractivity contribution in [2.75, 3.05) is 25.4 Å². The molecular weight excluding hydrogens is 304 g/mol. The van der Waals surface area contributed by atoms with E-state index < -0.39 is 0 Å². The van der Waals surface area contributed by atoms with E-state index in [4.69, 9.17) is 0 Å². The lowest BCUT2D eigenvalue weighted by Crippen LogP contribution is -2.49. The summed E-state index contributed by atoms with van der Waals surface area (Å²) in [6.45, 7) is 7.34. The molecule has 1 aliphatic heterocycles. The summed E-state index contributed by atoms with van der Waals surface area (Å²) in [5, 5.41) is 3.42. The molecule has 1 saturated heterocycles. The van der Waals surface area contributed by atoms with Crippen molar-refractivity contribution in [1.82, 2.24) is 10.2 Å². The van der Waals surface area contributed by atoms with Gasteiger partial charge in [0.2, 0.25) is 0 Å². The highest BCUT2D eigenvalue weighted by molar-refractivity contribution is 7.99. The van der Waals surface area contributed by atoms with Crippen molar-refractivity contribution in [2.45, 2.75) is 50.5 Å². The van der Waals surface area contributed by atoms with Crippen LogP contribution >= 0.6 is 11.8 Å². The van der Waals surface area contributed by atoms with Gasteiger partial charge in [0, 0.05) is 24.0 Å². The van der Waals surface area contributed by atoms with Gasteiger partial charge in [0.15, 0.2) is 0 Å². The average molecular weight is 333 g/mol. The molecule has 1 unspecified atom stereocenters. The fourth-order valence-corrected chi connectivity index (χ4v) is 4.50.